The van der Waals surface area contributed by atoms with Crippen LogP contribution < -0.4 is 14.8 Å². The van der Waals surface area contributed by atoms with Gasteiger partial charge in [0, 0.05) is 6.07 Å². The van der Waals surface area contributed by atoms with Gasteiger partial charge in [0.25, 0.3) is 8.32 Å². The first kappa shape index (κ1) is 20.1. The molecule has 0 saturated carbocycles. The van der Waals surface area contributed by atoms with E-state index in [0.29, 0.717) is 28.0 Å². The summed E-state index contributed by atoms with van der Waals surface area (Å²) in [5.41, 5.74) is -1.41. The maximum atomic E-state index is 12.7. The minimum absolute atomic E-state index is 0.0225. The Hall–Kier alpha value is -2.26. The number of nitrogens with zero attached hydrogens (tertiary/aromatic N) is 1. The summed E-state index contributed by atoms with van der Waals surface area (Å²) in [5.74, 6) is 1.39. The van der Waals surface area contributed by atoms with Crippen molar-refractivity contribution in [1.82, 2.24) is 0 Å². The van der Waals surface area contributed by atoms with Gasteiger partial charge in [-0.05, 0) is 49.5 Å². The molecular weight excluding hydrogens is 346 g/mol. The molecule has 0 fully saturated rings. The Morgan fingerprint density at radius 2 is 1.73 bits per heavy atom. The molecule has 1 aromatic carbocycles. The van der Waals surface area contributed by atoms with Crippen molar-refractivity contribution >= 4 is 19.1 Å². The highest BCUT2D eigenvalue weighted by atomic mass is 28.4. The maximum Gasteiger partial charge on any atom is 0.347 e. The van der Waals surface area contributed by atoms with Crippen LogP contribution in [-0.4, -0.2) is 15.4 Å². The van der Waals surface area contributed by atoms with Gasteiger partial charge in [0.2, 0.25) is 0 Å². The molecule has 0 unspecified atom stereocenters. The van der Waals surface area contributed by atoms with Gasteiger partial charge in [-0.25, -0.2) is 4.79 Å². The summed E-state index contributed by atoms with van der Waals surface area (Å²) in [6, 6.07) is 7.38. The molecule has 0 spiro atoms. The van der Waals surface area contributed by atoms with E-state index in [4.69, 9.17) is 13.6 Å². The molecule has 0 radical (unpaired) electrons. The first-order valence-corrected chi connectivity index (χ1v) is 11.5. The Morgan fingerprint density at radius 1 is 1.12 bits per heavy atom. The SMILES string of the molecule is COc1cc(O[Si](C)(C)C(C)(C)C)c2c(=O)oc(C(C)(C)C#N)cc2c1. The van der Waals surface area contributed by atoms with E-state index in [1.54, 1.807) is 39.2 Å². The van der Waals surface area contributed by atoms with E-state index in [2.05, 4.69) is 39.9 Å². The van der Waals surface area contributed by atoms with E-state index in [1.807, 2.05) is 0 Å². The number of nitriles is 1. The normalized spacial score (nSPS) is 12.7. The Labute approximate surface area is 155 Å². The summed E-state index contributed by atoms with van der Waals surface area (Å²) in [6.07, 6.45) is 0. The summed E-state index contributed by atoms with van der Waals surface area (Å²) in [4.78, 5) is 12.7. The number of benzene rings is 1. The van der Waals surface area contributed by atoms with Crippen LogP contribution >= 0.6 is 0 Å². The smallest absolute Gasteiger partial charge is 0.347 e. The van der Waals surface area contributed by atoms with Crippen LogP contribution in [0.1, 0.15) is 40.4 Å². The van der Waals surface area contributed by atoms with E-state index in [1.165, 1.54) is 0 Å². The van der Waals surface area contributed by atoms with E-state index in [9.17, 15) is 10.1 Å². The molecule has 0 saturated heterocycles. The Bertz CT molecular complexity index is 930. The topological polar surface area (TPSA) is 72.5 Å². The molecular formula is C20H27NO4Si. The Balaban J connectivity index is 2.77. The molecule has 0 atom stereocenters. The summed E-state index contributed by atoms with van der Waals surface area (Å²) >= 11 is 0. The Morgan fingerprint density at radius 3 is 2.23 bits per heavy atom. The molecule has 2 aromatic rings. The zero-order valence-electron chi connectivity index (χ0n) is 16.8. The molecule has 6 heteroatoms. The van der Waals surface area contributed by atoms with Gasteiger partial charge in [0.05, 0.1) is 13.2 Å². The highest BCUT2D eigenvalue weighted by Gasteiger charge is 2.39. The molecule has 0 N–H and O–H groups in total. The standard InChI is InChI=1S/C20H27NO4Si/c1-19(2,3)26(7,8)25-15-11-14(23-6)9-13-10-16(20(4,5)12-21)24-18(22)17(13)15/h9-11H,1-8H3. The van der Waals surface area contributed by atoms with Crippen molar-refractivity contribution in [3.05, 3.63) is 34.4 Å². The number of hydrogen-bond donors (Lipinski definition) is 0. The molecule has 0 amide bonds. The highest BCUT2D eigenvalue weighted by Crippen LogP contribution is 2.40. The fourth-order valence-electron chi connectivity index (χ4n) is 2.25. The van der Waals surface area contributed by atoms with E-state index >= 15 is 0 Å². The zero-order valence-corrected chi connectivity index (χ0v) is 17.8. The minimum Gasteiger partial charge on any atom is -0.543 e. The molecule has 0 aliphatic carbocycles. The fourth-order valence-corrected chi connectivity index (χ4v) is 3.27. The molecule has 140 valence electrons. The van der Waals surface area contributed by atoms with Crippen molar-refractivity contribution in [2.24, 2.45) is 0 Å². The first-order valence-electron chi connectivity index (χ1n) is 8.59. The van der Waals surface area contributed by atoms with E-state index in [-0.39, 0.29) is 5.04 Å². The van der Waals surface area contributed by atoms with Gasteiger partial charge in [-0.2, -0.15) is 5.26 Å². The molecule has 1 aromatic heterocycles. The largest absolute Gasteiger partial charge is 0.543 e. The number of fused-ring (bicyclic) bond motifs is 1. The number of ether oxygens (including phenoxy) is 1. The zero-order chi connectivity index (χ0) is 19.9. The molecule has 0 aliphatic heterocycles. The van der Waals surface area contributed by atoms with Crippen molar-refractivity contribution in [2.45, 2.75) is 58.2 Å². The van der Waals surface area contributed by atoms with Crippen LogP contribution in [0.3, 0.4) is 0 Å². The van der Waals surface area contributed by atoms with E-state index in [0.717, 1.165) is 0 Å². The van der Waals surface area contributed by atoms with Gasteiger partial charge in [0.1, 0.15) is 28.1 Å². The number of rotatable bonds is 4. The second kappa shape index (κ2) is 6.47. The lowest BCUT2D eigenvalue weighted by Gasteiger charge is -2.36. The van der Waals surface area contributed by atoms with Gasteiger partial charge < -0.3 is 13.6 Å². The number of hydrogen-bond acceptors (Lipinski definition) is 5. The third-order valence-corrected chi connectivity index (χ3v) is 9.44. The molecule has 0 aliphatic rings. The average Bonchev–Trinajstić information content (AvgIpc) is 2.52. The summed E-state index contributed by atoms with van der Waals surface area (Å²) < 4.78 is 17.3. The van der Waals surface area contributed by atoms with Crippen LogP contribution in [0.25, 0.3) is 10.8 Å². The predicted molar refractivity (Wildman–Crippen MR) is 106 cm³/mol. The quantitative estimate of drug-likeness (QED) is 0.706. The van der Waals surface area contributed by atoms with Crippen molar-refractivity contribution in [3.8, 4) is 17.6 Å². The van der Waals surface area contributed by atoms with Crippen LogP contribution in [-0.2, 0) is 5.41 Å². The van der Waals surface area contributed by atoms with Gasteiger partial charge in [0.15, 0.2) is 0 Å². The van der Waals surface area contributed by atoms with Gasteiger partial charge in [-0.1, -0.05) is 20.8 Å². The molecule has 2 rings (SSSR count). The summed E-state index contributed by atoms with van der Waals surface area (Å²) in [5, 5.41) is 10.4. The lowest BCUT2D eigenvalue weighted by molar-refractivity contribution is 0.404. The van der Waals surface area contributed by atoms with Gasteiger partial charge >= 0.3 is 5.63 Å². The van der Waals surface area contributed by atoms with Crippen molar-refractivity contribution in [2.75, 3.05) is 7.11 Å². The molecule has 1 heterocycles. The van der Waals surface area contributed by atoms with Crippen molar-refractivity contribution < 1.29 is 13.6 Å². The lowest BCUT2D eigenvalue weighted by Crippen LogP contribution is -2.44. The molecule has 5 nitrogen and oxygen atoms in total. The monoisotopic (exact) mass is 373 g/mol. The third kappa shape index (κ3) is 3.63. The second-order valence-electron chi connectivity index (χ2n) is 8.59. The van der Waals surface area contributed by atoms with Gasteiger partial charge in [-0.3, -0.25) is 0 Å². The maximum absolute atomic E-state index is 12.7. The average molecular weight is 374 g/mol. The summed E-state index contributed by atoms with van der Waals surface area (Å²) in [7, 11) is -0.595. The molecule has 26 heavy (non-hydrogen) atoms. The first-order chi connectivity index (χ1) is 11.8. The number of methoxy groups -OCH3 is 1. The van der Waals surface area contributed by atoms with Crippen molar-refractivity contribution in [1.29, 1.82) is 5.26 Å². The van der Waals surface area contributed by atoms with Crippen LogP contribution in [0.5, 0.6) is 11.5 Å². The Kier molecular flexibility index (Phi) is 4.99. The van der Waals surface area contributed by atoms with Gasteiger partial charge in [-0.15, -0.1) is 0 Å². The minimum atomic E-state index is -2.17. The van der Waals surface area contributed by atoms with Crippen LogP contribution in [0.15, 0.2) is 27.4 Å². The highest BCUT2D eigenvalue weighted by molar-refractivity contribution is 6.74. The van der Waals surface area contributed by atoms with Crippen LogP contribution in [0.4, 0.5) is 0 Å². The lowest BCUT2D eigenvalue weighted by atomic mass is 9.91. The third-order valence-electron chi connectivity index (χ3n) is 5.10. The fraction of sp³-hybridized carbons (Fsp3) is 0.500. The van der Waals surface area contributed by atoms with E-state index < -0.39 is 19.4 Å². The second-order valence-corrected chi connectivity index (χ2v) is 13.3. The van der Waals surface area contributed by atoms with Crippen molar-refractivity contribution in [3.63, 3.8) is 0 Å². The molecule has 0 bridgehead atoms. The summed E-state index contributed by atoms with van der Waals surface area (Å²) in [6.45, 7) is 14.1. The van der Waals surface area contributed by atoms with Crippen LogP contribution in [0.2, 0.25) is 18.1 Å². The van der Waals surface area contributed by atoms with Crippen LogP contribution in [0, 0.1) is 11.3 Å². The predicted octanol–water partition coefficient (Wildman–Crippen LogP) is 4.99.